The summed E-state index contributed by atoms with van der Waals surface area (Å²) in [7, 11) is 0. The third kappa shape index (κ3) is 3.82. The van der Waals surface area contributed by atoms with Gasteiger partial charge in [-0.1, -0.05) is 0 Å². The molecule has 21 heavy (non-hydrogen) atoms. The fourth-order valence-electron chi connectivity index (χ4n) is 1.72. The summed E-state index contributed by atoms with van der Waals surface area (Å²) in [6, 6.07) is 2.86. The number of nitrogens with one attached hydrogen (secondary N) is 1. The second-order valence-corrected chi connectivity index (χ2v) is 5.35. The van der Waals surface area contributed by atoms with Crippen molar-refractivity contribution < 1.29 is 14.1 Å². The number of nitrogens with zero attached hydrogens (tertiary/aromatic N) is 2. The summed E-state index contributed by atoms with van der Waals surface area (Å²) in [4.78, 5) is 26.0. The van der Waals surface area contributed by atoms with E-state index < -0.39 is 16.6 Å². The Balaban J connectivity index is 1.99. The van der Waals surface area contributed by atoms with Gasteiger partial charge in [0.05, 0.1) is 21.2 Å². The van der Waals surface area contributed by atoms with Gasteiger partial charge in [0.15, 0.2) is 0 Å². The molecule has 1 heterocycles. The van der Waals surface area contributed by atoms with Crippen LogP contribution in [-0.4, -0.2) is 22.4 Å². The molecule has 0 unspecified atom stereocenters. The Bertz CT molecular complexity index is 687. The summed E-state index contributed by atoms with van der Waals surface area (Å²) >= 11 is 1.51. The van der Waals surface area contributed by atoms with Gasteiger partial charge in [0.2, 0.25) is 0 Å². The van der Waals surface area contributed by atoms with Crippen LogP contribution in [0.5, 0.6) is 0 Å². The van der Waals surface area contributed by atoms with Gasteiger partial charge >= 0.3 is 0 Å². The number of hydrogen-bond donors (Lipinski definition) is 1. The van der Waals surface area contributed by atoms with Crippen molar-refractivity contribution in [2.75, 3.05) is 6.54 Å². The molecule has 8 heteroatoms. The number of hydrogen-bond acceptors (Lipinski definition) is 5. The number of thiazole rings is 1. The van der Waals surface area contributed by atoms with E-state index in [1.807, 2.05) is 12.3 Å². The smallest absolute Gasteiger partial charge is 0.270 e. The average molecular weight is 309 g/mol. The molecule has 0 aliphatic heterocycles. The van der Waals surface area contributed by atoms with Crippen LogP contribution in [0.15, 0.2) is 23.6 Å². The van der Waals surface area contributed by atoms with E-state index in [1.165, 1.54) is 11.3 Å². The van der Waals surface area contributed by atoms with E-state index in [0.29, 0.717) is 6.42 Å². The Morgan fingerprint density at radius 1 is 1.52 bits per heavy atom. The lowest BCUT2D eigenvalue weighted by Gasteiger charge is -2.05. The van der Waals surface area contributed by atoms with E-state index in [1.54, 1.807) is 0 Å². The molecule has 1 amide bonds. The van der Waals surface area contributed by atoms with Crippen LogP contribution in [0.1, 0.15) is 21.1 Å². The Hall–Kier alpha value is -2.35. The molecule has 110 valence electrons. The number of aryl methyl sites for hydroxylation is 1. The normalized spacial score (nSPS) is 10.4. The third-order valence-electron chi connectivity index (χ3n) is 2.74. The largest absolute Gasteiger partial charge is 0.352 e. The molecule has 1 aromatic carbocycles. The second kappa shape index (κ2) is 6.40. The third-order valence-corrected chi connectivity index (χ3v) is 3.56. The van der Waals surface area contributed by atoms with E-state index in [0.717, 1.165) is 28.9 Å². The molecule has 2 aromatic rings. The molecule has 6 nitrogen and oxygen atoms in total. The lowest BCUT2D eigenvalue weighted by atomic mass is 10.1. The van der Waals surface area contributed by atoms with Crippen LogP contribution < -0.4 is 5.32 Å². The predicted molar refractivity (Wildman–Crippen MR) is 75.9 cm³/mol. The summed E-state index contributed by atoms with van der Waals surface area (Å²) in [6.45, 7) is 2.16. The van der Waals surface area contributed by atoms with Gasteiger partial charge in [0.25, 0.3) is 11.6 Å². The number of halogens is 1. The Labute approximate surface area is 123 Å². The van der Waals surface area contributed by atoms with Gasteiger partial charge in [0, 0.05) is 30.5 Å². The number of nitro groups is 1. The molecule has 1 N–H and O–H groups in total. The molecule has 0 spiro atoms. The fraction of sp³-hybridized carbons (Fsp3) is 0.231. The van der Waals surface area contributed by atoms with Crippen LogP contribution >= 0.6 is 11.3 Å². The van der Waals surface area contributed by atoms with Crippen LogP contribution in [0.25, 0.3) is 0 Å². The number of nitro benzene ring substituents is 1. The molecule has 1 aromatic heterocycles. The molecule has 0 aliphatic carbocycles. The Kier molecular flexibility index (Phi) is 4.59. The lowest BCUT2D eigenvalue weighted by Crippen LogP contribution is -2.26. The second-order valence-electron chi connectivity index (χ2n) is 4.29. The van der Waals surface area contributed by atoms with E-state index >= 15 is 0 Å². The van der Waals surface area contributed by atoms with Crippen LogP contribution in [0.4, 0.5) is 10.1 Å². The summed E-state index contributed by atoms with van der Waals surface area (Å²) in [5.74, 6) is -1.47. The fourth-order valence-corrected chi connectivity index (χ4v) is 2.37. The van der Waals surface area contributed by atoms with Gasteiger partial charge in [-0.15, -0.1) is 11.3 Å². The maximum atomic E-state index is 13.5. The van der Waals surface area contributed by atoms with Crippen molar-refractivity contribution in [3.63, 3.8) is 0 Å². The quantitative estimate of drug-likeness (QED) is 0.679. The molecule has 0 bridgehead atoms. The molecule has 2 rings (SSSR count). The molecule has 0 saturated heterocycles. The minimum absolute atomic E-state index is 0.282. The first kappa shape index (κ1) is 15.0. The molecule has 0 aliphatic rings. The predicted octanol–water partition coefficient (Wildman–Crippen LogP) is 2.47. The van der Waals surface area contributed by atoms with Crippen LogP contribution in [0, 0.1) is 22.9 Å². The van der Waals surface area contributed by atoms with Crippen molar-refractivity contribution in [1.29, 1.82) is 0 Å². The number of carbonyl (C=O) groups excluding carboxylic acids is 1. The minimum atomic E-state index is -0.789. The van der Waals surface area contributed by atoms with Crippen molar-refractivity contribution in [1.82, 2.24) is 10.3 Å². The van der Waals surface area contributed by atoms with Gasteiger partial charge in [-0.3, -0.25) is 14.9 Å². The zero-order chi connectivity index (χ0) is 15.4. The van der Waals surface area contributed by atoms with E-state index in [4.69, 9.17) is 0 Å². The Morgan fingerprint density at radius 3 is 2.90 bits per heavy atom. The number of non-ortho nitro benzene ring substituents is 1. The lowest BCUT2D eigenvalue weighted by molar-refractivity contribution is -0.384. The van der Waals surface area contributed by atoms with Crippen molar-refractivity contribution in [2.24, 2.45) is 0 Å². The zero-order valence-electron chi connectivity index (χ0n) is 11.1. The van der Waals surface area contributed by atoms with Crippen molar-refractivity contribution >= 4 is 22.9 Å². The summed E-state index contributed by atoms with van der Waals surface area (Å²) in [6.07, 6.45) is 0.520. The van der Waals surface area contributed by atoms with Gasteiger partial charge in [-0.05, 0) is 13.0 Å². The van der Waals surface area contributed by atoms with E-state index in [9.17, 15) is 19.3 Å². The number of carbonyl (C=O) groups is 1. The standard InChI is InChI=1S/C13H12FN3O3S/c1-8-16-9(7-21-8)4-5-15-13(18)11-6-10(17(19)20)2-3-12(11)14/h2-3,6-7H,4-5H2,1H3,(H,15,18). The van der Waals surface area contributed by atoms with Crippen molar-refractivity contribution in [3.05, 3.63) is 55.8 Å². The highest BCUT2D eigenvalue weighted by Gasteiger charge is 2.16. The number of benzene rings is 1. The van der Waals surface area contributed by atoms with Crippen molar-refractivity contribution in [3.8, 4) is 0 Å². The van der Waals surface area contributed by atoms with Gasteiger partial charge in [-0.25, -0.2) is 9.37 Å². The van der Waals surface area contributed by atoms with Gasteiger partial charge < -0.3 is 5.32 Å². The van der Waals surface area contributed by atoms with Crippen LogP contribution in [0.2, 0.25) is 0 Å². The van der Waals surface area contributed by atoms with Gasteiger partial charge in [-0.2, -0.15) is 0 Å². The summed E-state index contributed by atoms with van der Waals surface area (Å²) in [5, 5.41) is 16.0. The molecule has 0 fully saturated rings. The number of rotatable bonds is 5. The first-order valence-electron chi connectivity index (χ1n) is 6.10. The summed E-state index contributed by atoms with van der Waals surface area (Å²) < 4.78 is 13.5. The molecular formula is C13H12FN3O3S. The number of aromatic nitrogens is 1. The van der Waals surface area contributed by atoms with Gasteiger partial charge in [0.1, 0.15) is 5.82 Å². The van der Waals surface area contributed by atoms with Crippen LogP contribution in [0.3, 0.4) is 0 Å². The molecule has 0 radical (unpaired) electrons. The molecule has 0 atom stereocenters. The summed E-state index contributed by atoms with van der Waals surface area (Å²) in [5.41, 5.74) is 0.188. The van der Waals surface area contributed by atoms with Crippen molar-refractivity contribution in [2.45, 2.75) is 13.3 Å². The highest BCUT2D eigenvalue weighted by molar-refractivity contribution is 7.09. The molecule has 0 saturated carbocycles. The monoisotopic (exact) mass is 309 g/mol. The SMILES string of the molecule is Cc1nc(CCNC(=O)c2cc([N+](=O)[O-])ccc2F)cs1. The van der Waals surface area contributed by atoms with Crippen LogP contribution in [-0.2, 0) is 6.42 Å². The maximum Gasteiger partial charge on any atom is 0.270 e. The maximum absolute atomic E-state index is 13.5. The highest BCUT2D eigenvalue weighted by Crippen LogP contribution is 2.16. The first-order valence-corrected chi connectivity index (χ1v) is 6.98. The highest BCUT2D eigenvalue weighted by atomic mass is 32.1. The van der Waals surface area contributed by atoms with E-state index in [-0.39, 0.29) is 17.8 Å². The minimum Gasteiger partial charge on any atom is -0.352 e. The Morgan fingerprint density at radius 2 is 2.29 bits per heavy atom. The van der Waals surface area contributed by atoms with E-state index in [2.05, 4.69) is 10.3 Å². The topological polar surface area (TPSA) is 85.1 Å². The average Bonchev–Trinajstić information content (AvgIpc) is 2.84. The number of amides is 1. The zero-order valence-corrected chi connectivity index (χ0v) is 11.9. The molecular weight excluding hydrogens is 297 g/mol. The first-order chi connectivity index (χ1) is 9.97.